The zero-order valence-corrected chi connectivity index (χ0v) is 10.5. The van der Waals surface area contributed by atoms with Gasteiger partial charge in [0, 0.05) is 25.1 Å². The van der Waals surface area contributed by atoms with Crippen molar-refractivity contribution in [2.45, 2.75) is 39.0 Å². The minimum Gasteiger partial charge on any atom is -0.310 e. The van der Waals surface area contributed by atoms with Gasteiger partial charge in [0.25, 0.3) is 5.56 Å². The summed E-state index contributed by atoms with van der Waals surface area (Å²) >= 11 is 0. The molecule has 0 unspecified atom stereocenters. The minimum absolute atomic E-state index is 0.0943. The molecule has 2 rings (SSSR count). The average Bonchev–Trinajstić information content (AvgIpc) is 2.29. The molecule has 1 aromatic rings. The first-order valence-electron chi connectivity index (χ1n) is 6.28. The average molecular weight is 236 g/mol. The summed E-state index contributed by atoms with van der Waals surface area (Å²) in [6.45, 7) is 6.07. The number of nitrogens with zero attached hydrogens (tertiary/aromatic N) is 2. The summed E-state index contributed by atoms with van der Waals surface area (Å²) in [5.74, 6) is 1.61. The Balaban J connectivity index is 2.11. The van der Waals surface area contributed by atoms with Gasteiger partial charge in [0.1, 0.15) is 11.6 Å². The Morgan fingerprint density at radius 3 is 2.71 bits per heavy atom. The van der Waals surface area contributed by atoms with E-state index in [1.165, 1.54) is 25.3 Å². The van der Waals surface area contributed by atoms with Gasteiger partial charge in [-0.1, -0.05) is 20.3 Å². The van der Waals surface area contributed by atoms with Crippen molar-refractivity contribution in [2.24, 2.45) is 0 Å². The Hall–Kier alpha value is -1.36. The van der Waals surface area contributed by atoms with E-state index in [4.69, 9.17) is 0 Å². The Labute approximate surface area is 101 Å². The van der Waals surface area contributed by atoms with Crippen molar-refractivity contribution in [3.8, 4) is 0 Å². The van der Waals surface area contributed by atoms with Crippen LogP contribution in [0.3, 0.4) is 0 Å². The molecule has 0 radical (unpaired) electrons. The van der Waals surface area contributed by atoms with Gasteiger partial charge in [-0.15, -0.1) is 0 Å². The fourth-order valence-corrected chi connectivity index (χ4v) is 1.97. The molecule has 0 bridgehead atoms. The first kappa shape index (κ1) is 12.1. The number of hydrogen-bond donors (Lipinski definition) is 2. The van der Waals surface area contributed by atoms with Crippen LogP contribution in [-0.4, -0.2) is 28.1 Å². The fraction of sp³-hybridized carbons (Fsp3) is 0.667. The minimum atomic E-state index is -0.0943. The number of aromatic nitrogens is 2. The van der Waals surface area contributed by atoms with Crippen LogP contribution < -0.4 is 11.0 Å². The topological polar surface area (TPSA) is 61.0 Å². The predicted octanol–water partition coefficient (Wildman–Crippen LogP) is 1.71. The standard InChI is InChI=1S/C12H20N4O/c1-9(2)12-13-10(8-11(17)14-12)15-16-6-4-3-5-7-16/h8-9H,3-7H2,1-2H3,(H2,13,14,15,17). The van der Waals surface area contributed by atoms with Crippen LogP contribution in [0, 0.1) is 0 Å². The molecule has 0 amide bonds. The van der Waals surface area contributed by atoms with Crippen molar-refractivity contribution in [3.05, 3.63) is 22.2 Å². The summed E-state index contributed by atoms with van der Waals surface area (Å²) in [5, 5.41) is 2.13. The summed E-state index contributed by atoms with van der Waals surface area (Å²) < 4.78 is 0. The number of aromatic amines is 1. The van der Waals surface area contributed by atoms with Gasteiger partial charge in [-0.2, -0.15) is 0 Å². The van der Waals surface area contributed by atoms with E-state index in [0.717, 1.165) is 18.9 Å². The predicted molar refractivity (Wildman–Crippen MR) is 68.0 cm³/mol. The summed E-state index contributed by atoms with van der Waals surface area (Å²) in [6, 6.07) is 1.51. The molecule has 0 aromatic carbocycles. The van der Waals surface area contributed by atoms with Crippen LogP contribution in [0.4, 0.5) is 5.82 Å². The van der Waals surface area contributed by atoms with Crippen LogP contribution in [0.15, 0.2) is 10.9 Å². The maximum atomic E-state index is 11.5. The van der Waals surface area contributed by atoms with E-state index in [1.54, 1.807) is 0 Å². The molecular weight excluding hydrogens is 216 g/mol. The van der Waals surface area contributed by atoms with Gasteiger partial charge >= 0.3 is 0 Å². The second-order valence-electron chi connectivity index (χ2n) is 4.83. The SMILES string of the molecule is CC(C)c1nc(NN2CCCCC2)cc(=O)[nH]1. The van der Waals surface area contributed by atoms with Crippen LogP contribution in [0.2, 0.25) is 0 Å². The van der Waals surface area contributed by atoms with Crippen LogP contribution >= 0.6 is 0 Å². The van der Waals surface area contributed by atoms with E-state index in [-0.39, 0.29) is 11.5 Å². The lowest BCUT2D eigenvalue weighted by atomic mass is 10.2. The number of anilines is 1. The lowest BCUT2D eigenvalue weighted by Crippen LogP contribution is -2.35. The number of nitrogens with one attached hydrogen (secondary N) is 2. The van der Waals surface area contributed by atoms with Gasteiger partial charge in [0.15, 0.2) is 0 Å². The number of H-pyrrole nitrogens is 1. The van der Waals surface area contributed by atoms with Crippen molar-refractivity contribution >= 4 is 5.82 Å². The molecule has 5 heteroatoms. The Morgan fingerprint density at radius 2 is 2.06 bits per heavy atom. The molecule has 1 aromatic heterocycles. The van der Waals surface area contributed by atoms with E-state index < -0.39 is 0 Å². The Bertz CT molecular complexity index is 421. The molecule has 0 atom stereocenters. The largest absolute Gasteiger partial charge is 0.310 e. The normalized spacial score (nSPS) is 17.4. The first-order chi connectivity index (χ1) is 8.15. The number of hydrazine groups is 1. The molecule has 2 N–H and O–H groups in total. The Kier molecular flexibility index (Phi) is 3.78. The molecular formula is C12H20N4O. The second-order valence-corrected chi connectivity index (χ2v) is 4.83. The summed E-state index contributed by atoms with van der Waals surface area (Å²) in [7, 11) is 0. The van der Waals surface area contributed by atoms with Gasteiger partial charge in [0.05, 0.1) is 0 Å². The van der Waals surface area contributed by atoms with Crippen molar-refractivity contribution in [3.63, 3.8) is 0 Å². The van der Waals surface area contributed by atoms with E-state index in [1.807, 2.05) is 13.8 Å². The van der Waals surface area contributed by atoms with E-state index >= 15 is 0 Å². The van der Waals surface area contributed by atoms with Crippen molar-refractivity contribution < 1.29 is 0 Å². The van der Waals surface area contributed by atoms with E-state index in [0.29, 0.717) is 5.82 Å². The molecule has 0 aliphatic carbocycles. The highest BCUT2D eigenvalue weighted by molar-refractivity contribution is 5.32. The highest BCUT2D eigenvalue weighted by atomic mass is 16.1. The molecule has 1 fully saturated rings. The van der Waals surface area contributed by atoms with Crippen molar-refractivity contribution in [2.75, 3.05) is 18.5 Å². The monoisotopic (exact) mass is 236 g/mol. The zero-order chi connectivity index (χ0) is 12.3. The molecule has 1 saturated heterocycles. The van der Waals surface area contributed by atoms with Gasteiger partial charge in [-0.3, -0.25) is 4.79 Å². The molecule has 2 heterocycles. The van der Waals surface area contributed by atoms with E-state index in [9.17, 15) is 4.79 Å². The lowest BCUT2D eigenvalue weighted by Gasteiger charge is -2.27. The van der Waals surface area contributed by atoms with E-state index in [2.05, 4.69) is 20.4 Å². The smallest absolute Gasteiger partial charge is 0.253 e. The first-order valence-corrected chi connectivity index (χ1v) is 6.28. The molecule has 5 nitrogen and oxygen atoms in total. The van der Waals surface area contributed by atoms with Gasteiger partial charge in [-0.25, -0.2) is 9.99 Å². The third kappa shape index (κ3) is 3.30. The third-order valence-corrected chi connectivity index (χ3v) is 2.94. The van der Waals surface area contributed by atoms with Crippen molar-refractivity contribution in [1.82, 2.24) is 15.0 Å². The highest BCUT2D eigenvalue weighted by Crippen LogP contribution is 2.12. The number of piperidine rings is 1. The number of rotatable bonds is 3. The molecule has 1 aliphatic rings. The van der Waals surface area contributed by atoms with Crippen molar-refractivity contribution in [1.29, 1.82) is 0 Å². The fourth-order valence-electron chi connectivity index (χ4n) is 1.97. The van der Waals surface area contributed by atoms with Gasteiger partial charge < -0.3 is 10.4 Å². The van der Waals surface area contributed by atoms with Crippen LogP contribution in [0.1, 0.15) is 44.9 Å². The second kappa shape index (κ2) is 5.31. The maximum Gasteiger partial charge on any atom is 0.253 e. The molecule has 17 heavy (non-hydrogen) atoms. The van der Waals surface area contributed by atoms with Gasteiger partial charge in [0.2, 0.25) is 0 Å². The van der Waals surface area contributed by atoms with Crippen LogP contribution in [0.25, 0.3) is 0 Å². The van der Waals surface area contributed by atoms with Gasteiger partial charge in [-0.05, 0) is 12.8 Å². The third-order valence-electron chi connectivity index (χ3n) is 2.94. The summed E-state index contributed by atoms with van der Waals surface area (Å²) in [6.07, 6.45) is 3.69. The molecule has 1 aliphatic heterocycles. The maximum absolute atomic E-state index is 11.5. The summed E-state index contributed by atoms with van der Waals surface area (Å²) in [5.41, 5.74) is 3.12. The highest BCUT2D eigenvalue weighted by Gasteiger charge is 2.11. The molecule has 94 valence electrons. The quantitative estimate of drug-likeness (QED) is 0.838. The van der Waals surface area contributed by atoms with Crippen LogP contribution in [-0.2, 0) is 0 Å². The molecule has 0 spiro atoms. The Morgan fingerprint density at radius 1 is 1.35 bits per heavy atom. The zero-order valence-electron chi connectivity index (χ0n) is 10.5. The number of hydrogen-bond acceptors (Lipinski definition) is 4. The lowest BCUT2D eigenvalue weighted by molar-refractivity contribution is 0.272. The summed E-state index contributed by atoms with van der Waals surface area (Å²) in [4.78, 5) is 18.7. The molecule has 0 saturated carbocycles. The van der Waals surface area contributed by atoms with Crippen LogP contribution in [0.5, 0.6) is 0 Å².